The molecule has 1 aromatic carbocycles. The van der Waals surface area contributed by atoms with Crippen molar-refractivity contribution in [2.75, 3.05) is 38.4 Å². The number of nitriles is 1. The molecule has 2 aliphatic rings. The highest BCUT2D eigenvalue weighted by Crippen LogP contribution is 2.44. The monoisotopic (exact) mass is 614 g/mol. The zero-order valence-electron chi connectivity index (χ0n) is 22.9. The molecule has 0 aliphatic carbocycles. The summed E-state index contributed by atoms with van der Waals surface area (Å²) < 4.78 is 43.4. The van der Waals surface area contributed by atoms with Gasteiger partial charge in [-0.05, 0) is 6.42 Å². The molecular formula is C27H25ClF2N8O3S. The molecule has 15 heteroatoms. The van der Waals surface area contributed by atoms with Crippen LogP contribution in [0.5, 0.6) is 6.01 Å². The highest BCUT2D eigenvalue weighted by molar-refractivity contribution is 7.23. The van der Waals surface area contributed by atoms with E-state index in [0.29, 0.717) is 48.8 Å². The number of carbonyl (C=O) groups is 1. The summed E-state index contributed by atoms with van der Waals surface area (Å²) >= 11 is 7.56. The Balaban J connectivity index is 1.40. The number of anilines is 2. The molecule has 0 saturated carbocycles. The number of fused-ring (bicyclic) bond motifs is 3. The second-order valence-corrected chi connectivity index (χ2v) is 11.6. The smallest absolute Gasteiger partial charge is 0.318 e. The van der Waals surface area contributed by atoms with E-state index in [1.165, 1.54) is 12.0 Å². The summed E-state index contributed by atoms with van der Waals surface area (Å²) in [5.74, 6) is -1.35. The van der Waals surface area contributed by atoms with E-state index in [4.69, 9.17) is 26.8 Å². The van der Waals surface area contributed by atoms with Crippen LogP contribution in [0.4, 0.5) is 19.6 Å². The van der Waals surface area contributed by atoms with Gasteiger partial charge in [0.15, 0.2) is 5.69 Å². The quantitative estimate of drug-likeness (QED) is 0.359. The van der Waals surface area contributed by atoms with Gasteiger partial charge in [-0.1, -0.05) is 11.6 Å². The van der Waals surface area contributed by atoms with Crippen molar-refractivity contribution in [3.8, 4) is 12.1 Å². The van der Waals surface area contributed by atoms with Gasteiger partial charge in [0.25, 0.3) is 5.91 Å². The maximum absolute atomic E-state index is 15.3. The summed E-state index contributed by atoms with van der Waals surface area (Å²) in [6.45, 7) is 1.49. The summed E-state index contributed by atoms with van der Waals surface area (Å²) in [6, 6.07) is 2.88. The van der Waals surface area contributed by atoms with Gasteiger partial charge in [-0.2, -0.15) is 20.3 Å². The predicted octanol–water partition coefficient (Wildman–Crippen LogP) is 4.21. The Hall–Kier alpha value is -4.06. The third-order valence-corrected chi connectivity index (χ3v) is 8.87. The molecule has 4 aromatic rings. The maximum Gasteiger partial charge on any atom is 0.318 e. The SMILES string of the molecule is COc1nc2c(c(N3CCCn4nc(C(=O)N(C)C)c(Cl)c4C3)n1)COC(c1c(F)cc(F)c3sc(N)c(C#N)c13)C2. The number of hydrogen-bond acceptors (Lipinski definition) is 10. The minimum atomic E-state index is -0.867. The van der Waals surface area contributed by atoms with Crippen LogP contribution in [0.25, 0.3) is 10.1 Å². The van der Waals surface area contributed by atoms with Crippen LogP contribution in [-0.2, 0) is 30.9 Å². The molecular weight excluding hydrogens is 590 g/mol. The van der Waals surface area contributed by atoms with Crippen molar-refractivity contribution in [1.82, 2.24) is 24.6 Å². The van der Waals surface area contributed by atoms with Crippen molar-refractivity contribution >= 4 is 49.7 Å². The molecule has 1 atom stereocenters. The Morgan fingerprint density at radius 3 is 2.81 bits per heavy atom. The zero-order valence-corrected chi connectivity index (χ0v) is 24.4. The number of aryl methyl sites for hydroxylation is 1. The van der Waals surface area contributed by atoms with Crippen LogP contribution in [0, 0.1) is 23.0 Å². The molecule has 42 heavy (non-hydrogen) atoms. The Kier molecular flexibility index (Phi) is 7.12. The van der Waals surface area contributed by atoms with Crippen LogP contribution < -0.4 is 15.4 Å². The average molecular weight is 615 g/mol. The van der Waals surface area contributed by atoms with Crippen LogP contribution in [0.15, 0.2) is 6.07 Å². The number of nitrogens with two attached hydrogens (primary N) is 1. The summed E-state index contributed by atoms with van der Waals surface area (Å²) in [5.41, 5.74) is 8.17. The van der Waals surface area contributed by atoms with Gasteiger partial charge in [-0.15, -0.1) is 11.3 Å². The largest absolute Gasteiger partial charge is 0.467 e. The molecule has 0 fully saturated rings. The van der Waals surface area contributed by atoms with Gasteiger partial charge in [-0.3, -0.25) is 9.48 Å². The second kappa shape index (κ2) is 10.6. The van der Waals surface area contributed by atoms with E-state index in [1.807, 2.05) is 11.0 Å². The molecule has 0 spiro atoms. The van der Waals surface area contributed by atoms with Crippen LogP contribution in [0.1, 0.15) is 51.1 Å². The van der Waals surface area contributed by atoms with Crippen molar-refractivity contribution in [1.29, 1.82) is 5.26 Å². The molecule has 2 N–H and O–H groups in total. The van der Waals surface area contributed by atoms with Gasteiger partial charge < -0.3 is 25.0 Å². The first-order chi connectivity index (χ1) is 20.1. The first-order valence-corrected chi connectivity index (χ1v) is 14.2. The van der Waals surface area contributed by atoms with Gasteiger partial charge in [0.1, 0.15) is 28.5 Å². The number of rotatable bonds is 4. The molecule has 5 heterocycles. The number of thiophene rings is 1. The Bertz CT molecular complexity index is 1800. The number of amides is 1. The highest BCUT2D eigenvalue weighted by Gasteiger charge is 2.34. The van der Waals surface area contributed by atoms with E-state index in [0.717, 1.165) is 17.4 Å². The Morgan fingerprint density at radius 1 is 1.31 bits per heavy atom. The first-order valence-electron chi connectivity index (χ1n) is 13.0. The van der Waals surface area contributed by atoms with Crippen LogP contribution in [-0.4, -0.2) is 58.3 Å². The minimum absolute atomic E-state index is 0.0175. The third kappa shape index (κ3) is 4.48. The number of methoxy groups -OCH3 is 1. The number of carbonyl (C=O) groups excluding carboxylic acids is 1. The minimum Gasteiger partial charge on any atom is -0.467 e. The first kappa shape index (κ1) is 28.1. The summed E-state index contributed by atoms with van der Waals surface area (Å²) in [5, 5.41) is 14.7. The van der Waals surface area contributed by atoms with Crippen molar-refractivity contribution in [2.24, 2.45) is 0 Å². The molecule has 11 nitrogen and oxygen atoms in total. The van der Waals surface area contributed by atoms with Gasteiger partial charge in [0, 0.05) is 56.2 Å². The molecule has 1 amide bonds. The normalized spacial score (nSPS) is 16.5. The fourth-order valence-corrected chi connectivity index (χ4v) is 6.67. The van der Waals surface area contributed by atoms with Gasteiger partial charge in [0.2, 0.25) is 0 Å². The second-order valence-electron chi connectivity index (χ2n) is 10.2. The van der Waals surface area contributed by atoms with Crippen LogP contribution in [0.2, 0.25) is 5.02 Å². The molecule has 0 radical (unpaired) electrons. The molecule has 3 aromatic heterocycles. The topological polar surface area (TPSA) is 135 Å². The van der Waals surface area contributed by atoms with Gasteiger partial charge in [0.05, 0.1) is 53.0 Å². The van der Waals surface area contributed by atoms with E-state index >= 15 is 4.39 Å². The number of ether oxygens (including phenoxy) is 2. The fourth-order valence-electron chi connectivity index (χ4n) is 5.45. The Morgan fingerprint density at radius 2 is 2.10 bits per heavy atom. The lowest BCUT2D eigenvalue weighted by Gasteiger charge is -2.30. The van der Waals surface area contributed by atoms with E-state index in [-0.39, 0.29) is 61.9 Å². The number of halogens is 3. The number of benzene rings is 1. The third-order valence-electron chi connectivity index (χ3n) is 7.45. The molecule has 218 valence electrons. The number of hydrogen-bond donors (Lipinski definition) is 1. The van der Waals surface area contributed by atoms with Crippen molar-refractivity contribution in [3.05, 3.63) is 56.5 Å². The van der Waals surface area contributed by atoms with Crippen molar-refractivity contribution in [3.63, 3.8) is 0 Å². The lowest BCUT2D eigenvalue weighted by atomic mass is 9.94. The Labute approximate surface area is 248 Å². The van der Waals surface area contributed by atoms with Crippen molar-refractivity contribution in [2.45, 2.75) is 38.6 Å². The van der Waals surface area contributed by atoms with E-state index in [1.54, 1.807) is 18.8 Å². The molecule has 0 bridgehead atoms. The summed E-state index contributed by atoms with van der Waals surface area (Å²) in [6.07, 6.45) is -0.0534. The molecule has 6 rings (SSSR count). The number of nitrogen functional groups attached to an aromatic ring is 1. The molecule has 1 unspecified atom stereocenters. The summed E-state index contributed by atoms with van der Waals surface area (Å²) in [4.78, 5) is 25.3. The standard InChI is InChI=1S/C27H25ClF2N8O3S/c1-36(2)26(39)22-21(28)17-10-37(5-4-6-38(17)35-22)25-13-11-41-18(8-16(13)33-27(34-25)40-3)20-14(29)7-15(30)23-19(20)12(9-31)24(32)42-23/h7,18H,4-6,8,10-11,32H2,1-3H3. The van der Waals surface area contributed by atoms with E-state index in [9.17, 15) is 14.4 Å². The number of aromatic nitrogens is 4. The van der Waals surface area contributed by atoms with Gasteiger partial charge >= 0.3 is 6.01 Å². The fraction of sp³-hybridized carbons (Fsp3) is 0.370. The molecule has 2 aliphatic heterocycles. The molecule has 0 saturated heterocycles. The zero-order chi connectivity index (χ0) is 29.9. The summed E-state index contributed by atoms with van der Waals surface area (Å²) in [7, 11) is 4.73. The van der Waals surface area contributed by atoms with Gasteiger partial charge in [-0.25, -0.2) is 8.78 Å². The van der Waals surface area contributed by atoms with Crippen LogP contribution >= 0.6 is 22.9 Å². The maximum atomic E-state index is 15.3. The van der Waals surface area contributed by atoms with Crippen molar-refractivity contribution < 1.29 is 23.0 Å². The number of nitrogens with zero attached hydrogens (tertiary/aromatic N) is 7. The van der Waals surface area contributed by atoms with E-state index in [2.05, 4.69) is 15.1 Å². The lowest BCUT2D eigenvalue weighted by molar-refractivity contribution is 0.0245. The predicted molar refractivity (Wildman–Crippen MR) is 152 cm³/mol. The lowest BCUT2D eigenvalue weighted by Crippen LogP contribution is -2.29. The average Bonchev–Trinajstić information content (AvgIpc) is 3.37. The highest BCUT2D eigenvalue weighted by atomic mass is 35.5. The van der Waals surface area contributed by atoms with Crippen LogP contribution in [0.3, 0.4) is 0 Å². The van der Waals surface area contributed by atoms with E-state index < -0.39 is 17.7 Å².